The van der Waals surface area contributed by atoms with E-state index in [2.05, 4.69) is 15.8 Å². The Bertz CT molecular complexity index is 1040. The van der Waals surface area contributed by atoms with E-state index in [-0.39, 0.29) is 25.5 Å². The smallest absolute Gasteiger partial charge is 0.303 e. The molecule has 0 unspecified atom stereocenters. The van der Waals surface area contributed by atoms with Gasteiger partial charge in [0.25, 0.3) is 0 Å². The van der Waals surface area contributed by atoms with Crippen LogP contribution in [0.15, 0.2) is 29.4 Å². The van der Waals surface area contributed by atoms with Crippen LogP contribution in [-0.4, -0.2) is 84.9 Å². The number of ether oxygens (including phenoxy) is 5. The van der Waals surface area contributed by atoms with E-state index in [0.29, 0.717) is 17.7 Å². The molecule has 39 heavy (non-hydrogen) atoms. The van der Waals surface area contributed by atoms with Gasteiger partial charge < -0.3 is 34.1 Å². The first kappa shape index (κ1) is 31.2. The van der Waals surface area contributed by atoms with Gasteiger partial charge in [0.05, 0.1) is 6.21 Å². The Hall–Kier alpha value is -4.04. The zero-order valence-corrected chi connectivity index (χ0v) is 22.1. The first-order valence-corrected chi connectivity index (χ1v) is 12.1. The molecule has 214 valence electrons. The van der Waals surface area contributed by atoms with Crippen molar-refractivity contribution in [3.05, 3.63) is 29.8 Å². The largest absolute Gasteiger partial charge is 0.463 e. The molecular formula is C25H33N3O11. The number of hydrogen-bond acceptors (Lipinski definition) is 12. The number of amides is 2. The summed E-state index contributed by atoms with van der Waals surface area (Å²) < 4.78 is 27.8. The second-order valence-electron chi connectivity index (χ2n) is 8.53. The SMILES string of the molecule is CC(=O)N[C@H]1[C@H](Oc2ccc(C=NNC(=O)CCCO)cc2)O[C@H](COC(C)=O)[C@@H](OC(C)=O)[C@@H]1OC(C)=O. The summed E-state index contributed by atoms with van der Waals surface area (Å²) in [6.45, 7) is 4.28. The van der Waals surface area contributed by atoms with Crippen LogP contribution in [0, 0.1) is 0 Å². The van der Waals surface area contributed by atoms with Gasteiger partial charge in [-0.05, 0) is 36.2 Å². The number of carbonyl (C=O) groups excluding carboxylic acids is 5. The molecule has 1 saturated heterocycles. The van der Waals surface area contributed by atoms with Crippen LogP contribution < -0.4 is 15.5 Å². The van der Waals surface area contributed by atoms with Crippen LogP contribution in [0.25, 0.3) is 0 Å². The first-order valence-electron chi connectivity index (χ1n) is 12.1. The fraction of sp³-hybridized carbons (Fsp3) is 0.520. The summed E-state index contributed by atoms with van der Waals surface area (Å²) in [6, 6.07) is 5.30. The number of aliphatic hydroxyl groups is 1. The molecule has 0 aliphatic carbocycles. The molecule has 14 heteroatoms. The maximum Gasteiger partial charge on any atom is 0.303 e. The van der Waals surface area contributed by atoms with Crippen LogP contribution in [0.2, 0.25) is 0 Å². The Morgan fingerprint density at radius 1 is 0.974 bits per heavy atom. The average molecular weight is 552 g/mol. The lowest BCUT2D eigenvalue weighted by molar-refractivity contribution is -0.257. The van der Waals surface area contributed by atoms with E-state index in [1.165, 1.54) is 20.1 Å². The standard InChI is InChI=1S/C25H33N3O11/c1-14(30)27-22-24(37-17(4)33)23(36-16(3)32)20(13-35-15(2)31)39-25(22)38-19-9-7-18(8-10-19)12-26-28-21(34)6-5-11-29/h7-10,12,20,22-25,29H,5-6,11,13H2,1-4H3,(H,27,30)(H,28,34)/t20-,22-,23-,24-,25-/m1/s1. The van der Waals surface area contributed by atoms with E-state index in [1.54, 1.807) is 24.3 Å². The van der Waals surface area contributed by atoms with Crippen LogP contribution in [0.3, 0.4) is 0 Å². The van der Waals surface area contributed by atoms with Gasteiger partial charge in [0.15, 0.2) is 12.2 Å². The summed E-state index contributed by atoms with van der Waals surface area (Å²) in [5.41, 5.74) is 2.97. The van der Waals surface area contributed by atoms with E-state index in [1.807, 2.05) is 0 Å². The quantitative estimate of drug-likeness (QED) is 0.137. The molecule has 14 nitrogen and oxygen atoms in total. The van der Waals surface area contributed by atoms with Crippen molar-refractivity contribution in [3.63, 3.8) is 0 Å². The Kier molecular flexibility index (Phi) is 12.3. The fourth-order valence-corrected chi connectivity index (χ4v) is 3.63. The van der Waals surface area contributed by atoms with Gasteiger partial charge in [-0.2, -0.15) is 5.10 Å². The van der Waals surface area contributed by atoms with Crippen molar-refractivity contribution in [1.82, 2.24) is 10.7 Å². The lowest BCUT2D eigenvalue weighted by atomic mass is 9.96. The van der Waals surface area contributed by atoms with E-state index in [0.717, 1.165) is 13.8 Å². The van der Waals surface area contributed by atoms with Crippen molar-refractivity contribution in [1.29, 1.82) is 0 Å². The van der Waals surface area contributed by atoms with Crippen LogP contribution >= 0.6 is 0 Å². The summed E-state index contributed by atoms with van der Waals surface area (Å²) in [7, 11) is 0. The molecule has 3 N–H and O–H groups in total. The third-order valence-electron chi connectivity index (χ3n) is 5.17. The second kappa shape index (κ2) is 15.4. The van der Waals surface area contributed by atoms with E-state index < -0.39 is 54.5 Å². The molecule has 1 heterocycles. The highest BCUT2D eigenvalue weighted by molar-refractivity contribution is 5.82. The summed E-state index contributed by atoms with van der Waals surface area (Å²) in [5, 5.41) is 15.2. The molecular weight excluding hydrogens is 518 g/mol. The predicted molar refractivity (Wildman–Crippen MR) is 133 cm³/mol. The van der Waals surface area contributed by atoms with Crippen molar-refractivity contribution in [3.8, 4) is 5.75 Å². The van der Waals surface area contributed by atoms with Crippen molar-refractivity contribution >= 4 is 35.9 Å². The summed E-state index contributed by atoms with van der Waals surface area (Å²) in [6.07, 6.45) is -2.94. The monoisotopic (exact) mass is 551 g/mol. The molecule has 0 saturated carbocycles. The van der Waals surface area contributed by atoms with Crippen LogP contribution in [0.5, 0.6) is 5.75 Å². The predicted octanol–water partition coefficient (Wildman–Crippen LogP) is -0.0559. The molecule has 0 bridgehead atoms. The van der Waals surface area contributed by atoms with Crippen LogP contribution in [0.4, 0.5) is 0 Å². The third kappa shape index (κ3) is 10.7. The fourth-order valence-electron chi connectivity index (χ4n) is 3.63. The number of benzene rings is 1. The van der Waals surface area contributed by atoms with Crippen molar-refractivity contribution in [2.24, 2.45) is 5.10 Å². The highest BCUT2D eigenvalue weighted by Crippen LogP contribution is 2.29. The number of hydrogen-bond donors (Lipinski definition) is 3. The van der Waals surface area contributed by atoms with Gasteiger partial charge in [0.2, 0.25) is 18.1 Å². The van der Waals surface area contributed by atoms with E-state index in [4.69, 9.17) is 28.8 Å². The minimum atomic E-state index is -1.25. The lowest BCUT2D eigenvalue weighted by Crippen LogP contribution is -2.67. The third-order valence-corrected chi connectivity index (χ3v) is 5.17. The van der Waals surface area contributed by atoms with E-state index >= 15 is 0 Å². The van der Waals surface area contributed by atoms with Crippen LogP contribution in [-0.2, 0) is 42.9 Å². The van der Waals surface area contributed by atoms with Crippen molar-refractivity contribution < 1.29 is 52.8 Å². The number of nitrogens with zero attached hydrogens (tertiary/aromatic N) is 1. The number of aliphatic hydroxyl groups excluding tert-OH is 1. The first-order chi connectivity index (χ1) is 18.5. The molecule has 0 radical (unpaired) electrons. The lowest BCUT2D eigenvalue weighted by Gasteiger charge is -2.44. The minimum Gasteiger partial charge on any atom is -0.463 e. The van der Waals surface area contributed by atoms with E-state index in [9.17, 15) is 24.0 Å². The number of hydrazone groups is 1. The molecule has 2 amide bonds. The maximum atomic E-state index is 12.0. The van der Waals surface area contributed by atoms with Gasteiger partial charge in [-0.3, -0.25) is 24.0 Å². The van der Waals surface area contributed by atoms with Crippen molar-refractivity contribution in [2.75, 3.05) is 13.2 Å². The molecule has 1 aliphatic heterocycles. The number of rotatable bonds is 12. The summed E-state index contributed by atoms with van der Waals surface area (Å²) in [5.74, 6) is -2.59. The van der Waals surface area contributed by atoms with Gasteiger partial charge in [-0.1, -0.05) is 0 Å². The molecule has 0 spiro atoms. The number of nitrogens with one attached hydrogen (secondary N) is 2. The molecule has 2 rings (SSSR count). The summed E-state index contributed by atoms with van der Waals surface area (Å²) in [4.78, 5) is 58.8. The zero-order valence-electron chi connectivity index (χ0n) is 22.1. The Labute approximate surface area is 224 Å². The Morgan fingerprint density at radius 2 is 1.62 bits per heavy atom. The highest BCUT2D eigenvalue weighted by Gasteiger charge is 2.51. The maximum absolute atomic E-state index is 12.0. The second-order valence-corrected chi connectivity index (χ2v) is 8.53. The highest BCUT2D eigenvalue weighted by atomic mass is 16.7. The molecule has 5 atom stereocenters. The van der Waals surface area contributed by atoms with Gasteiger partial charge >= 0.3 is 17.9 Å². The number of carbonyl (C=O) groups is 5. The molecule has 0 aromatic heterocycles. The molecule has 1 fully saturated rings. The van der Waals surface area contributed by atoms with Gasteiger partial charge in [-0.15, -0.1) is 0 Å². The summed E-state index contributed by atoms with van der Waals surface area (Å²) >= 11 is 0. The van der Waals surface area contributed by atoms with Gasteiger partial charge in [0.1, 0.15) is 24.5 Å². The number of esters is 3. The Morgan fingerprint density at radius 3 is 2.18 bits per heavy atom. The molecule has 1 aromatic rings. The van der Waals surface area contributed by atoms with Crippen molar-refractivity contribution in [2.45, 2.75) is 71.2 Å². The van der Waals surface area contributed by atoms with Gasteiger partial charge in [-0.25, -0.2) is 5.43 Å². The van der Waals surface area contributed by atoms with Crippen LogP contribution in [0.1, 0.15) is 46.1 Å². The minimum absolute atomic E-state index is 0.0946. The van der Waals surface area contributed by atoms with Gasteiger partial charge in [0, 0.05) is 40.7 Å². The average Bonchev–Trinajstić information content (AvgIpc) is 2.85. The molecule has 1 aliphatic rings. The normalized spacial score (nSPS) is 22.4. The zero-order chi connectivity index (χ0) is 28.9. The topological polar surface area (TPSA) is 188 Å². The molecule has 1 aromatic carbocycles. The Balaban J connectivity index is 2.28.